The van der Waals surface area contributed by atoms with Gasteiger partial charge in [0.1, 0.15) is 11.3 Å². The van der Waals surface area contributed by atoms with E-state index in [-0.39, 0.29) is 24.4 Å². The van der Waals surface area contributed by atoms with E-state index in [9.17, 15) is 10.1 Å². The standard InChI is InChI=1S/C19H29N3O2/c1-14(2)19(4,13-20)21-18(23)12-22(5)15(3)11-16-7-9-17(24-6)10-8-16/h7-10,14-15H,11-12H2,1-6H3,(H,21,23)/t15-,19+/m1/s1. The van der Waals surface area contributed by atoms with Crippen molar-refractivity contribution >= 4 is 5.91 Å². The number of ether oxygens (including phenoxy) is 1. The Balaban J connectivity index is 2.58. The average molecular weight is 331 g/mol. The predicted molar refractivity (Wildman–Crippen MR) is 95.8 cm³/mol. The molecule has 1 rings (SSSR count). The van der Waals surface area contributed by atoms with E-state index in [0.717, 1.165) is 12.2 Å². The molecule has 1 aromatic rings. The number of amides is 1. The second-order valence-corrected chi connectivity index (χ2v) is 6.83. The fourth-order valence-electron chi connectivity index (χ4n) is 2.27. The van der Waals surface area contributed by atoms with E-state index in [2.05, 4.69) is 18.3 Å². The van der Waals surface area contributed by atoms with Gasteiger partial charge in [0.25, 0.3) is 0 Å². The summed E-state index contributed by atoms with van der Waals surface area (Å²) in [6.45, 7) is 7.97. The summed E-state index contributed by atoms with van der Waals surface area (Å²) in [6, 6.07) is 10.4. The molecule has 1 N–H and O–H groups in total. The molecule has 1 aromatic carbocycles. The van der Waals surface area contributed by atoms with Crippen LogP contribution >= 0.6 is 0 Å². The van der Waals surface area contributed by atoms with E-state index in [0.29, 0.717) is 0 Å². The van der Waals surface area contributed by atoms with Crippen LogP contribution in [0.2, 0.25) is 0 Å². The van der Waals surface area contributed by atoms with Gasteiger partial charge in [-0.2, -0.15) is 5.26 Å². The quantitative estimate of drug-likeness (QED) is 0.795. The van der Waals surface area contributed by atoms with Crippen molar-refractivity contribution in [3.05, 3.63) is 29.8 Å². The third-order valence-electron chi connectivity index (χ3n) is 4.62. The molecule has 132 valence electrons. The molecule has 5 nitrogen and oxygen atoms in total. The summed E-state index contributed by atoms with van der Waals surface area (Å²) in [4.78, 5) is 14.3. The number of hydrogen-bond donors (Lipinski definition) is 1. The van der Waals surface area contributed by atoms with Crippen molar-refractivity contribution in [2.45, 2.75) is 45.7 Å². The summed E-state index contributed by atoms with van der Waals surface area (Å²) in [5.74, 6) is 0.758. The summed E-state index contributed by atoms with van der Waals surface area (Å²) >= 11 is 0. The largest absolute Gasteiger partial charge is 0.497 e. The maximum absolute atomic E-state index is 12.3. The third kappa shape index (κ3) is 5.54. The minimum absolute atomic E-state index is 0.0495. The molecule has 0 fully saturated rings. The third-order valence-corrected chi connectivity index (χ3v) is 4.62. The number of nitriles is 1. The lowest BCUT2D eigenvalue weighted by atomic mass is 9.90. The predicted octanol–water partition coefficient (Wildman–Crippen LogP) is 2.61. The molecule has 0 radical (unpaired) electrons. The number of carbonyl (C=O) groups is 1. The van der Waals surface area contributed by atoms with Crippen LogP contribution in [-0.2, 0) is 11.2 Å². The number of hydrogen-bond acceptors (Lipinski definition) is 4. The van der Waals surface area contributed by atoms with Gasteiger partial charge in [0.15, 0.2) is 0 Å². The van der Waals surface area contributed by atoms with Crippen LogP contribution in [0, 0.1) is 17.2 Å². The molecule has 5 heteroatoms. The lowest BCUT2D eigenvalue weighted by molar-refractivity contribution is -0.124. The number of likely N-dealkylation sites (N-methyl/N-ethyl adjacent to an activating group) is 1. The fraction of sp³-hybridized carbons (Fsp3) is 0.579. The summed E-state index contributed by atoms with van der Waals surface area (Å²) in [6.07, 6.45) is 0.841. The number of nitrogens with zero attached hydrogens (tertiary/aromatic N) is 2. The Hall–Kier alpha value is -2.06. The van der Waals surface area contributed by atoms with E-state index in [1.54, 1.807) is 14.0 Å². The second-order valence-electron chi connectivity index (χ2n) is 6.83. The normalized spacial score (nSPS) is 14.8. The Morgan fingerprint density at radius 3 is 2.38 bits per heavy atom. The van der Waals surface area contributed by atoms with Crippen LogP contribution < -0.4 is 10.1 Å². The molecule has 0 aliphatic rings. The van der Waals surface area contributed by atoms with Crippen LogP contribution in [0.1, 0.15) is 33.3 Å². The Morgan fingerprint density at radius 1 is 1.33 bits per heavy atom. The number of benzene rings is 1. The minimum atomic E-state index is -0.836. The molecular weight excluding hydrogens is 302 g/mol. The first-order valence-corrected chi connectivity index (χ1v) is 8.27. The van der Waals surface area contributed by atoms with Gasteiger partial charge in [-0.05, 0) is 50.9 Å². The SMILES string of the molecule is COc1ccc(C[C@@H](C)N(C)CC(=O)N[C@@](C)(C#N)C(C)C)cc1. The first-order valence-electron chi connectivity index (χ1n) is 8.27. The van der Waals surface area contributed by atoms with E-state index >= 15 is 0 Å². The fourth-order valence-corrected chi connectivity index (χ4v) is 2.27. The van der Waals surface area contributed by atoms with Crippen LogP contribution in [0.15, 0.2) is 24.3 Å². The van der Waals surface area contributed by atoms with Gasteiger partial charge < -0.3 is 10.1 Å². The Bertz CT molecular complexity index is 577. The highest BCUT2D eigenvalue weighted by molar-refractivity contribution is 5.79. The lowest BCUT2D eigenvalue weighted by Gasteiger charge is -2.30. The van der Waals surface area contributed by atoms with E-state index in [1.165, 1.54) is 5.56 Å². The lowest BCUT2D eigenvalue weighted by Crippen LogP contribution is -2.52. The van der Waals surface area contributed by atoms with Crippen molar-refractivity contribution in [2.24, 2.45) is 5.92 Å². The first-order chi connectivity index (χ1) is 11.2. The summed E-state index contributed by atoms with van der Waals surface area (Å²) in [5.41, 5.74) is 0.358. The maximum Gasteiger partial charge on any atom is 0.235 e. The van der Waals surface area contributed by atoms with Crippen LogP contribution in [0.3, 0.4) is 0 Å². The summed E-state index contributed by atoms with van der Waals surface area (Å²) in [5, 5.41) is 12.1. The van der Waals surface area contributed by atoms with Crippen LogP contribution in [0.5, 0.6) is 5.75 Å². The van der Waals surface area contributed by atoms with E-state index in [1.807, 2.05) is 50.1 Å². The molecule has 2 atom stereocenters. The van der Waals surface area contributed by atoms with Gasteiger partial charge in [0.2, 0.25) is 5.91 Å². The molecule has 0 saturated heterocycles. The second kappa shape index (κ2) is 8.70. The van der Waals surface area contributed by atoms with Crippen molar-refractivity contribution in [3.63, 3.8) is 0 Å². The van der Waals surface area contributed by atoms with E-state index < -0.39 is 5.54 Å². The van der Waals surface area contributed by atoms with Gasteiger partial charge in [-0.1, -0.05) is 26.0 Å². The maximum atomic E-state index is 12.3. The molecule has 0 aliphatic heterocycles. The molecule has 0 bridgehead atoms. The zero-order valence-corrected chi connectivity index (χ0v) is 15.6. The monoisotopic (exact) mass is 331 g/mol. The smallest absolute Gasteiger partial charge is 0.235 e. The Morgan fingerprint density at radius 2 is 1.92 bits per heavy atom. The molecule has 0 unspecified atom stereocenters. The Labute approximate surface area is 145 Å². The summed E-state index contributed by atoms with van der Waals surface area (Å²) < 4.78 is 5.16. The van der Waals surface area contributed by atoms with Gasteiger partial charge in [0, 0.05) is 6.04 Å². The zero-order chi connectivity index (χ0) is 18.3. The molecule has 24 heavy (non-hydrogen) atoms. The van der Waals surface area contributed by atoms with Crippen molar-refractivity contribution in [2.75, 3.05) is 20.7 Å². The Kier molecular flexibility index (Phi) is 7.24. The molecule has 0 saturated carbocycles. The van der Waals surface area contributed by atoms with Gasteiger partial charge in [-0.25, -0.2) is 0 Å². The number of nitrogens with one attached hydrogen (secondary N) is 1. The first kappa shape index (κ1) is 20.0. The van der Waals surface area contributed by atoms with Gasteiger partial charge in [-0.15, -0.1) is 0 Å². The van der Waals surface area contributed by atoms with Crippen molar-refractivity contribution in [1.29, 1.82) is 5.26 Å². The van der Waals surface area contributed by atoms with Crippen molar-refractivity contribution < 1.29 is 9.53 Å². The van der Waals surface area contributed by atoms with Crippen molar-refractivity contribution in [1.82, 2.24) is 10.2 Å². The number of rotatable bonds is 8. The van der Waals surface area contributed by atoms with Gasteiger partial charge >= 0.3 is 0 Å². The highest BCUT2D eigenvalue weighted by Crippen LogP contribution is 2.16. The summed E-state index contributed by atoms with van der Waals surface area (Å²) in [7, 11) is 3.57. The number of methoxy groups -OCH3 is 1. The van der Waals surface area contributed by atoms with Crippen LogP contribution in [0.25, 0.3) is 0 Å². The van der Waals surface area contributed by atoms with Crippen molar-refractivity contribution in [3.8, 4) is 11.8 Å². The minimum Gasteiger partial charge on any atom is -0.497 e. The molecule has 0 aliphatic carbocycles. The van der Waals surface area contributed by atoms with Crippen LogP contribution in [-0.4, -0.2) is 43.1 Å². The molecule has 1 amide bonds. The average Bonchev–Trinajstić information content (AvgIpc) is 2.54. The molecule has 0 aromatic heterocycles. The molecule has 0 heterocycles. The topological polar surface area (TPSA) is 65.4 Å². The van der Waals surface area contributed by atoms with Gasteiger partial charge in [0.05, 0.1) is 19.7 Å². The highest BCUT2D eigenvalue weighted by Gasteiger charge is 2.30. The highest BCUT2D eigenvalue weighted by atomic mass is 16.5. The number of carbonyl (C=O) groups excluding carboxylic acids is 1. The van der Waals surface area contributed by atoms with Crippen LogP contribution in [0.4, 0.5) is 0 Å². The molecular formula is C19H29N3O2. The molecule has 0 spiro atoms. The van der Waals surface area contributed by atoms with Gasteiger partial charge in [-0.3, -0.25) is 9.69 Å². The van der Waals surface area contributed by atoms with E-state index in [4.69, 9.17) is 4.74 Å². The zero-order valence-electron chi connectivity index (χ0n) is 15.6.